The minimum atomic E-state index is -0.372. The van der Waals surface area contributed by atoms with Crippen LogP contribution < -0.4 is 0 Å². The van der Waals surface area contributed by atoms with E-state index in [0.29, 0.717) is 13.2 Å². The van der Waals surface area contributed by atoms with Crippen molar-refractivity contribution in [2.24, 2.45) is 17.8 Å². The molecular weight excluding hydrogens is 280 g/mol. The maximum Gasteiger partial charge on any atom is 0.0900 e. The van der Waals surface area contributed by atoms with E-state index >= 15 is 0 Å². The molecule has 0 unspecified atom stereocenters. The first kappa shape index (κ1) is 16.7. The third kappa shape index (κ3) is 4.42. The number of hydrogen-bond acceptors (Lipinski definition) is 5. The van der Waals surface area contributed by atoms with Crippen molar-refractivity contribution in [3.8, 4) is 0 Å². The van der Waals surface area contributed by atoms with E-state index in [1.807, 2.05) is 0 Å². The van der Waals surface area contributed by atoms with Crippen molar-refractivity contribution < 1.29 is 14.9 Å². The van der Waals surface area contributed by atoms with Gasteiger partial charge in [0.15, 0.2) is 0 Å². The van der Waals surface area contributed by atoms with Crippen LogP contribution in [0.4, 0.5) is 0 Å². The predicted octanol–water partition coefficient (Wildman–Crippen LogP) is 0.410. The summed E-state index contributed by atoms with van der Waals surface area (Å²) in [6.45, 7) is 6.96. The summed E-state index contributed by atoms with van der Waals surface area (Å²) in [6, 6.07) is 0. The highest BCUT2D eigenvalue weighted by Gasteiger charge is 2.39. The molecule has 128 valence electrons. The lowest BCUT2D eigenvalue weighted by Crippen LogP contribution is -2.49. The zero-order chi connectivity index (χ0) is 15.4. The molecule has 0 radical (unpaired) electrons. The van der Waals surface area contributed by atoms with Crippen molar-refractivity contribution in [1.29, 1.82) is 0 Å². The van der Waals surface area contributed by atoms with Gasteiger partial charge in [0.25, 0.3) is 0 Å². The third-order valence-corrected chi connectivity index (χ3v) is 5.88. The highest BCUT2D eigenvalue weighted by Crippen LogP contribution is 2.48. The van der Waals surface area contributed by atoms with E-state index in [0.717, 1.165) is 57.1 Å². The van der Waals surface area contributed by atoms with Gasteiger partial charge in [-0.15, -0.1) is 0 Å². The summed E-state index contributed by atoms with van der Waals surface area (Å²) in [6.07, 6.45) is 5.25. The Morgan fingerprint density at radius 1 is 1.05 bits per heavy atom. The Kier molecular flexibility index (Phi) is 6.10. The normalized spacial score (nSPS) is 34.4. The number of nitrogens with zero attached hydrogens (tertiary/aromatic N) is 2. The van der Waals surface area contributed by atoms with Crippen molar-refractivity contribution >= 4 is 0 Å². The van der Waals surface area contributed by atoms with E-state index in [1.165, 1.54) is 25.7 Å². The van der Waals surface area contributed by atoms with Gasteiger partial charge in [0.1, 0.15) is 0 Å². The van der Waals surface area contributed by atoms with Gasteiger partial charge in [-0.05, 0) is 37.0 Å². The monoisotopic (exact) mass is 312 g/mol. The summed E-state index contributed by atoms with van der Waals surface area (Å²) >= 11 is 0. The molecule has 2 N–H and O–H groups in total. The average molecular weight is 312 g/mol. The van der Waals surface area contributed by atoms with E-state index in [-0.39, 0.29) is 12.7 Å². The van der Waals surface area contributed by atoms with Gasteiger partial charge in [0.05, 0.1) is 19.3 Å². The molecule has 2 aliphatic carbocycles. The van der Waals surface area contributed by atoms with Crippen LogP contribution in [0.5, 0.6) is 0 Å². The smallest absolute Gasteiger partial charge is 0.0900 e. The summed E-state index contributed by atoms with van der Waals surface area (Å²) in [4.78, 5) is 4.58. The number of hydrogen-bond donors (Lipinski definition) is 2. The number of rotatable bonds is 8. The van der Waals surface area contributed by atoms with E-state index in [4.69, 9.17) is 9.84 Å². The van der Waals surface area contributed by atoms with Crippen LogP contribution in [-0.2, 0) is 4.74 Å². The summed E-state index contributed by atoms with van der Waals surface area (Å²) in [5.41, 5.74) is 0. The number of β-amino-alcohol motifs (C(OH)–C–C–N with tert-alkyl or cyclic N) is 2. The van der Waals surface area contributed by atoms with Gasteiger partial charge < -0.3 is 14.9 Å². The Hall–Kier alpha value is -0.200. The fourth-order valence-electron chi connectivity index (χ4n) is 4.62. The highest BCUT2D eigenvalue weighted by molar-refractivity contribution is 4.89. The Morgan fingerprint density at radius 2 is 1.82 bits per heavy atom. The molecule has 0 aromatic rings. The molecule has 0 aromatic heterocycles. The Balaban J connectivity index is 1.26. The molecule has 2 saturated carbocycles. The number of aliphatic hydroxyl groups excluding tert-OH is 2. The maximum atomic E-state index is 10.2. The van der Waals surface area contributed by atoms with Gasteiger partial charge in [0, 0.05) is 45.9 Å². The molecule has 1 saturated heterocycles. The van der Waals surface area contributed by atoms with Crippen LogP contribution in [-0.4, -0.2) is 85.2 Å². The van der Waals surface area contributed by atoms with Crippen molar-refractivity contribution in [1.82, 2.24) is 9.80 Å². The average Bonchev–Trinajstić information content (AvgIpc) is 3.12. The molecule has 4 atom stereocenters. The maximum absolute atomic E-state index is 10.2. The summed E-state index contributed by atoms with van der Waals surface area (Å²) < 4.78 is 5.81. The second-order valence-electron chi connectivity index (χ2n) is 7.49. The van der Waals surface area contributed by atoms with Gasteiger partial charge in [0.2, 0.25) is 0 Å². The molecule has 5 heteroatoms. The molecule has 1 aliphatic heterocycles. The van der Waals surface area contributed by atoms with Crippen LogP contribution in [0, 0.1) is 17.8 Å². The van der Waals surface area contributed by atoms with Crippen molar-refractivity contribution in [3.63, 3.8) is 0 Å². The molecule has 0 amide bonds. The predicted molar refractivity (Wildman–Crippen MR) is 85.7 cm³/mol. The second-order valence-corrected chi connectivity index (χ2v) is 7.49. The highest BCUT2D eigenvalue weighted by atomic mass is 16.5. The molecule has 5 nitrogen and oxygen atoms in total. The van der Waals surface area contributed by atoms with Gasteiger partial charge in [-0.25, -0.2) is 0 Å². The zero-order valence-electron chi connectivity index (χ0n) is 13.7. The molecule has 1 heterocycles. The molecule has 22 heavy (non-hydrogen) atoms. The number of fused-ring (bicyclic) bond motifs is 2. The Bertz CT molecular complexity index is 334. The largest absolute Gasteiger partial charge is 0.395 e. The molecular formula is C17H32N2O3. The Morgan fingerprint density at radius 3 is 2.45 bits per heavy atom. The van der Waals surface area contributed by atoms with Gasteiger partial charge in [-0.2, -0.15) is 0 Å². The van der Waals surface area contributed by atoms with Crippen molar-refractivity contribution in [2.75, 3.05) is 59.1 Å². The summed E-state index contributed by atoms with van der Waals surface area (Å²) in [5.74, 6) is 2.63. The second kappa shape index (κ2) is 8.06. The van der Waals surface area contributed by atoms with E-state index < -0.39 is 0 Å². The first-order valence-electron chi connectivity index (χ1n) is 9.06. The minimum absolute atomic E-state index is 0.236. The fourth-order valence-corrected chi connectivity index (χ4v) is 4.62. The lowest BCUT2D eigenvalue weighted by atomic mass is 9.90. The van der Waals surface area contributed by atoms with E-state index in [1.54, 1.807) is 0 Å². The van der Waals surface area contributed by atoms with Crippen LogP contribution in [0.2, 0.25) is 0 Å². The number of aliphatic hydroxyl groups is 2. The zero-order valence-corrected chi connectivity index (χ0v) is 13.7. The first-order valence-corrected chi connectivity index (χ1v) is 9.06. The molecule has 3 rings (SSSR count). The summed E-state index contributed by atoms with van der Waals surface area (Å²) in [5, 5.41) is 19.1. The van der Waals surface area contributed by atoms with Gasteiger partial charge in [-0.1, -0.05) is 6.42 Å². The van der Waals surface area contributed by atoms with Crippen LogP contribution >= 0.6 is 0 Å². The molecule has 0 aromatic carbocycles. The van der Waals surface area contributed by atoms with E-state index in [9.17, 15) is 5.11 Å². The standard InChI is InChI=1S/C17H32N2O3/c20-8-7-18-3-5-19(6-4-18)11-17(21)13-22-12-16-10-14-1-2-15(16)9-14/h14-17,20-21H,1-13H2/t14-,15-,16-,17+/m0/s1. The van der Waals surface area contributed by atoms with E-state index in [2.05, 4.69) is 9.80 Å². The number of piperazine rings is 1. The van der Waals surface area contributed by atoms with Crippen LogP contribution in [0.25, 0.3) is 0 Å². The fraction of sp³-hybridized carbons (Fsp3) is 1.00. The van der Waals surface area contributed by atoms with Crippen LogP contribution in [0.3, 0.4) is 0 Å². The first-order chi connectivity index (χ1) is 10.7. The van der Waals surface area contributed by atoms with Crippen molar-refractivity contribution in [3.05, 3.63) is 0 Å². The lowest BCUT2D eigenvalue weighted by molar-refractivity contribution is -0.00919. The van der Waals surface area contributed by atoms with Gasteiger partial charge in [-0.3, -0.25) is 9.80 Å². The molecule has 3 fully saturated rings. The van der Waals surface area contributed by atoms with Crippen molar-refractivity contribution in [2.45, 2.75) is 31.8 Å². The molecule has 2 bridgehead atoms. The Labute approximate surface area is 134 Å². The molecule has 3 aliphatic rings. The van der Waals surface area contributed by atoms with Crippen LogP contribution in [0.15, 0.2) is 0 Å². The lowest BCUT2D eigenvalue weighted by Gasteiger charge is -2.35. The third-order valence-electron chi connectivity index (χ3n) is 5.88. The van der Waals surface area contributed by atoms with Gasteiger partial charge >= 0.3 is 0 Å². The number of ether oxygens (including phenoxy) is 1. The SMILES string of the molecule is OCCN1CCN(C[C@@H](O)COC[C@@H]2C[C@H]3CC[C@H]2C3)CC1. The minimum Gasteiger partial charge on any atom is -0.395 e. The van der Waals surface area contributed by atoms with Crippen LogP contribution in [0.1, 0.15) is 25.7 Å². The topological polar surface area (TPSA) is 56.2 Å². The summed E-state index contributed by atoms with van der Waals surface area (Å²) in [7, 11) is 0. The molecule has 0 spiro atoms. The quantitative estimate of drug-likeness (QED) is 0.680.